The van der Waals surface area contributed by atoms with E-state index >= 15 is 0 Å². The Bertz CT molecular complexity index is 587. The summed E-state index contributed by atoms with van der Waals surface area (Å²) in [6.45, 7) is 7.51. The molecule has 3 rings (SSSR count). The van der Waals surface area contributed by atoms with Gasteiger partial charge < -0.3 is 10.2 Å². The van der Waals surface area contributed by atoms with Crippen LogP contribution in [0.15, 0.2) is 12.1 Å². The standard InChI is InChI=1S/C17H23F3N2/c1-16(2,3)10-7-11-12-9-21-6-5-14(12)22(4)15(11)13(8-10)17(18,19)20/h7-8,12,14,21H,5-6,9H2,1-4H3. The molecule has 2 heterocycles. The van der Waals surface area contributed by atoms with E-state index in [9.17, 15) is 13.2 Å². The number of hydrogen-bond donors (Lipinski definition) is 1. The molecule has 22 heavy (non-hydrogen) atoms. The number of alkyl halides is 3. The third kappa shape index (κ3) is 2.39. The average Bonchev–Trinajstić information content (AvgIpc) is 2.70. The Morgan fingerprint density at radius 1 is 1.18 bits per heavy atom. The third-order valence-electron chi connectivity index (χ3n) is 5.01. The SMILES string of the molecule is CN1c2c(cc(C(C)(C)C)cc2C(F)(F)F)C2CNCCC21. The molecule has 0 amide bonds. The maximum atomic E-state index is 13.6. The number of halogens is 3. The van der Waals surface area contributed by atoms with Gasteiger partial charge in [0, 0.05) is 25.6 Å². The summed E-state index contributed by atoms with van der Waals surface area (Å²) < 4.78 is 40.9. The molecule has 1 aromatic rings. The number of hydrogen-bond acceptors (Lipinski definition) is 2. The molecule has 0 spiro atoms. The Balaban J connectivity index is 2.23. The predicted octanol–water partition coefficient (Wildman–Crippen LogP) is 3.90. The minimum absolute atomic E-state index is 0.150. The summed E-state index contributed by atoms with van der Waals surface area (Å²) in [5.74, 6) is 0.150. The minimum Gasteiger partial charge on any atom is -0.370 e. The number of piperidine rings is 1. The van der Waals surface area contributed by atoms with E-state index < -0.39 is 11.7 Å². The number of benzene rings is 1. The van der Waals surface area contributed by atoms with Gasteiger partial charge in [-0.2, -0.15) is 13.2 Å². The maximum absolute atomic E-state index is 13.6. The van der Waals surface area contributed by atoms with E-state index in [1.165, 1.54) is 6.07 Å². The maximum Gasteiger partial charge on any atom is 0.418 e. The van der Waals surface area contributed by atoms with Crippen LogP contribution in [0.25, 0.3) is 0 Å². The van der Waals surface area contributed by atoms with Crippen LogP contribution in [0.3, 0.4) is 0 Å². The predicted molar refractivity (Wildman–Crippen MR) is 82.6 cm³/mol. The van der Waals surface area contributed by atoms with Crippen molar-refractivity contribution in [2.75, 3.05) is 25.0 Å². The highest BCUT2D eigenvalue weighted by Crippen LogP contribution is 2.50. The molecule has 2 aliphatic heterocycles. The minimum atomic E-state index is -4.32. The van der Waals surface area contributed by atoms with Gasteiger partial charge in [-0.05, 0) is 35.6 Å². The number of nitrogens with one attached hydrogen (secondary N) is 1. The van der Waals surface area contributed by atoms with Crippen molar-refractivity contribution >= 4 is 5.69 Å². The Morgan fingerprint density at radius 2 is 1.86 bits per heavy atom. The molecule has 0 aliphatic carbocycles. The second kappa shape index (κ2) is 4.88. The van der Waals surface area contributed by atoms with Crippen LogP contribution in [0.5, 0.6) is 0 Å². The summed E-state index contributed by atoms with van der Waals surface area (Å²) in [7, 11) is 1.81. The second-order valence-corrected chi connectivity index (χ2v) is 7.49. The van der Waals surface area contributed by atoms with E-state index in [1.54, 1.807) is 7.05 Å². The van der Waals surface area contributed by atoms with Gasteiger partial charge in [0.2, 0.25) is 0 Å². The van der Waals surface area contributed by atoms with Crippen LogP contribution in [0, 0.1) is 0 Å². The van der Waals surface area contributed by atoms with Crippen LogP contribution >= 0.6 is 0 Å². The zero-order chi connectivity index (χ0) is 16.3. The van der Waals surface area contributed by atoms with Gasteiger partial charge in [-0.25, -0.2) is 0 Å². The van der Waals surface area contributed by atoms with Gasteiger partial charge in [-0.1, -0.05) is 26.8 Å². The lowest BCUT2D eigenvalue weighted by Crippen LogP contribution is -2.42. The second-order valence-electron chi connectivity index (χ2n) is 7.49. The molecule has 1 fully saturated rings. The van der Waals surface area contributed by atoms with Crippen LogP contribution in [0.2, 0.25) is 0 Å². The van der Waals surface area contributed by atoms with Crippen molar-refractivity contribution in [1.29, 1.82) is 0 Å². The first-order valence-electron chi connectivity index (χ1n) is 7.80. The van der Waals surface area contributed by atoms with E-state index in [0.29, 0.717) is 5.69 Å². The molecule has 0 saturated carbocycles. The molecule has 1 saturated heterocycles. The largest absolute Gasteiger partial charge is 0.418 e. The smallest absolute Gasteiger partial charge is 0.370 e. The van der Waals surface area contributed by atoms with E-state index in [4.69, 9.17) is 0 Å². The van der Waals surface area contributed by atoms with Crippen molar-refractivity contribution in [3.05, 3.63) is 28.8 Å². The van der Waals surface area contributed by atoms with Crippen molar-refractivity contribution in [3.8, 4) is 0 Å². The Hall–Kier alpha value is -1.23. The van der Waals surface area contributed by atoms with Gasteiger partial charge in [-0.3, -0.25) is 0 Å². The quantitative estimate of drug-likeness (QED) is 0.781. The normalized spacial score (nSPS) is 25.1. The monoisotopic (exact) mass is 312 g/mol. The Morgan fingerprint density at radius 3 is 2.45 bits per heavy atom. The molecule has 2 nitrogen and oxygen atoms in total. The summed E-state index contributed by atoms with van der Waals surface area (Å²) in [5, 5.41) is 3.33. The summed E-state index contributed by atoms with van der Waals surface area (Å²) in [6.07, 6.45) is -3.43. The molecule has 1 aromatic carbocycles. The van der Waals surface area contributed by atoms with Crippen LogP contribution in [0.1, 0.15) is 49.8 Å². The molecule has 2 atom stereocenters. The summed E-state index contributed by atoms with van der Waals surface area (Å²) in [4.78, 5) is 1.86. The van der Waals surface area contributed by atoms with Crippen LogP contribution in [-0.4, -0.2) is 26.2 Å². The molecule has 0 aromatic heterocycles. The number of anilines is 1. The summed E-state index contributed by atoms with van der Waals surface area (Å²) >= 11 is 0. The molecule has 2 unspecified atom stereocenters. The van der Waals surface area contributed by atoms with Crippen LogP contribution < -0.4 is 10.2 Å². The van der Waals surface area contributed by atoms with E-state index in [0.717, 1.165) is 30.6 Å². The molecule has 1 N–H and O–H groups in total. The first kappa shape index (κ1) is 15.7. The molecule has 122 valence electrons. The van der Waals surface area contributed by atoms with E-state index in [-0.39, 0.29) is 17.4 Å². The number of nitrogens with zero attached hydrogens (tertiary/aromatic N) is 1. The Kier molecular flexibility index (Phi) is 3.47. The van der Waals surface area contributed by atoms with Gasteiger partial charge in [-0.15, -0.1) is 0 Å². The highest BCUT2D eigenvalue weighted by atomic mass is 19.4. The number of likely N-dealkylation sites (N-methyl/N-ethyl adjacent to an activating group) is 1. The van der Waals surface area contributed by atoms with Gasteiger partial charge >= 0.3 is 6.18 Å². The highest BCUT2D eigenvalue weighted by Gasteiger charge is 2.45. The fourth-order valence-electron chi connectivity index (χ4n) is 3.77. The highest BCUT2D eigenvalue weighted by molar-refractivity contribution is 5.69. The number of rotatable bonds is 0. The molecule has 0 bridgehead atoms. The van der Waals surface area contributed by atoms with Crippen LogP contribution in [-0.2, 0) is 11.6 Å². The summed E-state index contributed by atoms with van der Waals surface area (Å²) in [5.41, 5.74) is 1.23. The van der Waals surface area contributed by atoms with Crippen LogP contribution in [0.4, 0.5) is 18.9 Å². The fourth-order valence-corrected chi connectivity index (χ4v) is 3.77. The zero-order valence-electron chi connectivity index (χ0n) is 13.5. The molecular formula is C17H23F3N2. The first-order valence-corrected chi connectivity index (χ1v) is 7.80. The zero-order valence-corrected chi connectivity index (χ0v) is 13.5. The van der Waals surface area contributed by atoms with Gasteiger partial charge in [0.1, 0.15) is 0 Å². The van der Waals surface area contributed by atoms with Gasteiger partial charge in [0.15, 0.2) is 0 Å². The molecule has 5 heteroatoms. The van der Waals surface area contributed by atoms with Crippen molar-refractivity contribution in [2.24, 2.45) is 0 Å². The van der Waals surface area contributed by atoms with Crippen molar-refractivity contribution < 1.29 is 13.2 Å². The van der Waals surface area contributed by atoms with Crippen molar-refractivity contribution in [2.45, 2.75) is 50.7 Å². The molecule has 2 aliphatic rings. The third-order valence-corrected chi connectivity index (χ3v) is 5.01. The number of fused-ring (bicyclic) bond motifs is 3. The fraction of sp³-hybridized carbons (Fsp3) is 0.647. The lowest BCUT2D eigenvalue weighted by atomic mass is 9.82. The topological polar surface area (TPSA) is 15.3 Å². The van der Waals surface area contributed by atoms with Crippen molar-refractivity contribution in [3.63, 3.8) is 0 Å². The summed E-state index contributed by atoms with van der Waals surface area (Å²) in [6, 6.07) is 3.52. The lowest BCUT2D eigenvalue weighted by Gasteiger charge is -2.31. The molecular weight excluding hydrogens is 289 g/mol. The molecule has 0 radical (unpaired) electrons. The van der Waals surface area contributed by atoms with Gasteiger partial charge in [0.25, 0.3) is 0 Å². The average molecular weight is 312 g/mol. The lowest BCUT2D eigenvalue weighted by molar-refractivity contribution is -0.137. The van der Waals surface area contributed by atoms with Gasteiger partial charge in [0.05, 0.1) is 11.3 Å². The first-order chi connectivity index (χ1) is 10.1. The van der Waals surface area contributed by atoms with E-state index in [1.807, 2.05) is 31.7 Å². The van der Waals surface area contributed by atoms with E-state index in [2.05, 4.69) is 5.32 Å². The Labute approximate surface area is 129 Å². The van der Waals surface area contributed by atoms with Crippen molar-refractivity contribution in [1.82, 2.24) is 5.32 Å².